The third-order valence-electron chi connectivity index (χ3n) is 2.75. The zero-order valence-electron chi connectivity index (χ0n) is 8.61. The summed E-state index contributed by atoms with van der Waals surface area (Å²) in [6.45, 7) is 0.419. The molecule has 17 heavy (non-hydrogen) atoms. The fourth-order valence-corrected chi connectivity index (χ4v) is 3.86. The molecule has 2 aromatic rings. The monoisotopic (exact) mass is 328 g/mol. The van der Waals surface area contributed by atoms with Crippen molar-refractivity contribution in [2.45, 2.75) is 6.61 Å². The van der Waals surface area contributed by atoms with Crippen molar-refractivity contribution in [1.82, 2.24) is 0 Å². The van der Waals surface area contributed by atoms with Crippen LogP contribution in [0.2, 0.25) is 5.02 Å². The van der Waals surface area contributed by atoms with E-state index in [1.54, 1.807) is 11.3 Å². The SMILES string of the molecule is OB1OCc2cc(Cl)c(-c3sccc3Br)cc21. The third-order valence-corrected chi connectivity index (χ3v) is 4.94. The summed E-state index contributed by atoms with van der Waals surface area (Å²) in [5.74, 6) is 0. The molecule has 0 unspecified atom stereocenters. The maximum atomic E-state index is 9.69. The van der Waals surface area contributed by atoms with E-state index >= 15 is 0 Å². The molecule has 0 bridgehead atoms. The van der Waals surface area contributed by atoms with Gasteiger partial charge in [0.05, 0.1) is 6.61 Å². The van der Waals surface area contributed by atoms with E-state index in [-0.39, 0.29) is 0 Å². The lowest BCUT2D eigenvalue weighted by Gasteiger charge is -2.06. The smallest absolute Gasteiger partial charge is 0.423 e. The molecule has 0 spiro atoms. The Morgan fingerprint density at radius 3 is 3.00 bits per heavy atom. The minimum Gasteiger partial charge on any atom is -0.423 e. The number of benzene rings is 1. The number of thiophene rings is 1. The van der Waals surface area contributed by atoms with E-state index in [9.17, 15) is 5.02 Å². The summed E-state index contributed by atoms with van der Waals surface area (Å²) in [5.41, 5.74) is 2.69. The van der Waals surface area contributed by atoms with Crippen LogP contribution in [0.4, 0.5) is 0 Å². The first-order valence-electron chi connectivity index (χ1n) is 5.02. The van der Waals surface area contributed by atoms with Crippen molar-refractivity contribution in [2.75, 3.05) is 0 Å². The van der Waals surface area contributed by atoms with Crippen LogP contribution in [0, 0.1) is 0 Å². The Morgan fingerprint density at radius 2 is 2.29 bits per heavy atom. The Morgan fingerprint density at radius 1 is 1.47 bits per heavy atom. The number of fused-ring (bicyclic) bond motifs is 1. The average molecular weight is 329 g/mol. The summed E-state index contributed by atoms with van der Waals surface area (Å²) in [6.07, 6.45) is 0. The Kier molecular flexibility index (Phi) is 3.05. The van der Waals surface area contributed by atoms with Gasteiger partial charge >= 0.3 is 7.12 Å². The van der Waals surface area contributed by atoms with Crippen LogP contribution in [0.3, 0.4) is 0 Å². The van der Waals surface area contributed by atoms with Crippen molar-refractivity contribution >= 4 is 51.4 Å². The largest absolute Gasteiger partial charge is 0.491 e. The molecule has 0 fully saturated rings. The van der Waals surface area contributed by atoms with Crippen LogP contribution in [-0.2, 0) is 11.3 Å². The normalized spacial score (nSPS) is 14.2. The molecule has 1 aliphatic heterocycles. The zero-order valence-corrected chi connectivity index (χ0v) is 11.8. The highest BCUT2D eigenvalue weighted by Crippen LogP contribution is 2.38. The van der Waals surface area contributed by atoms with Crippen LogP contribution < -0.4 is 5.46 Å². The second-order valence-corrected chi connectivity index (χ2v) is 5.97. The maximum Gasteiger partial charge on any atom is 0.491 e. The Hall–Kier alpha value is -0.325. The van der Waals surface area contributed by atoms with E-state index in [2.05, 4.69) is 15.9 Å². The van der Waals surface area contributed by atoms with Gasteiger partial charge in [-0.15, -0.1) is 11.3 Å². The first-order valence-corrected chi connectivity index (χ1v) is 7.07. The molecule has 0 amide bonds. The molecule has 6 heteroatoms. The van der Waals surface area contributed by atoms with Crippen molar-refractivity contribution in [3.05, 3.63) is 38.6 Å². The van der Waals surface area contributed by atoms with Gasteiger partial charge in [-0.2, -0.15) is 0 Å². The zero-order chi connectivity index (χ0) is 12.0. The molecule has 86 valence electrons. The fourth-order valence-electron chi connectivity index (χ4n) is 1.90. The van der Waals surface area contributed by atoms with Gasteiger partial charge < -0.3 is 9.68 Å². The van der Waals surface area contributed by atoms with Gasteiger partial charge in [0.1, 0.15) is 0 Å². The highest BCUT2D eigenvalue weighted by atomic mass is 79.9. The summed E-state index contributed by atoms with van der Waals surface area (Å²) in [5, 5.41) is 12.4. The predicted octanol–water partition coefficient (Wildman–Crippen LogP) is 3.05. The predicted molar refractivity (Wildman–Crippen MR) is 74.9 cm³/mol. The van der Waals surface area contributed by atoms with Crippen LogP contribution in [0.25, 0.3) is 10.4 Å². The van der Waals surface area contributed by atoms with E-state index in [1.165, 1.54) is 0 Å². The molecule has 1 aliphatic rings. The first-order chi connectivity index (χ1) is 8.16. The minimum atomic E-state index is -0.834. The van der Waals surface area contributed by atoms with Gasteiger partial charge in [0, 0.05) is 19.9 Å². The molecule has 0 aliphatic carbocycles. The van der Waals surface area contributed by atoms with Crippen molar-refractivity contribution in [3.8, 4) is 10.4 Å². The number of halogens is 2. The molecule has 0 radical (unpaired) electrons. The molecule has 0 saturated heterocycles. The molecule has 3 rings (SSSR count). The Bertz CT molecular complexity index is 587. The highest BCUT2D eigenvalue weighted by molar-refractivity contribution is 9.10. The van der Waals surface area contributed by atoms with Crippen LogP contribution in [-0.4, -0.2) is 12.1 Å². The summed E-state index contributed by atoms with van der Waals surface area (Å²) in [4.78, 5) is 1.07. The molecule has 0 saturated carbocycles. The number of rotatable bonds is 1. The van der Waals surface area contributed by atoms with Crippen LogP contribution in [0.15, 0.2) is 28.1 Å². The molecular formula is C11H7BBrClO2S. The summed E-state index contributed by atoms with van der Waals surface area (Å²) in [6, 6.07) is 5.76. The lowest BCUT2D eigenvalue weighted by Crippen LogP contribution is -2.28. The number of hydrogen-bond donors (Lipinski definition) is 1. The van der Waals surface area contributed by atoms with Gasteiger partial charge in [-0.1, -0.05) is 17.7 Å². The number of hydrogen-bond acceptors (Lipinski definition) is 3. The van der Waals surface area contributed by atoms with Crippen molar-refractivity contribution < 1.29 is 9.68 Å². The first kappa shape index (κ1) is 11.7. The van der Waals surface area contributed by atoms with Gasteiger partial charge in [-0.05, 0) is 44.5 Å². The van der Waals surface area contributed by atoms with Crippen LogP contribution >= 0.6 is 38.9 Å². The van der Waals surface area contributed by atoms with E-state index in [0.29, 0.717) is 11.6 Å². The standard InChI is InChI=1S/C11H7BBrClO2S/c13-9-1-2-17-11(9)7-4-8-6(3-10(7)14)5-16-12(8)15/h1-4,15H,5H2. The Balaban J connectivity index is 2.19. The van der Waals surface area contributed by atoms with Crippen LogP contribution in [0.1, 0.15) is 5.56 Å². The van der Waals surface area contributed by atoms with Crippen molar-refractivity contribution in [3.63, 3.8) is 0 Å². The lowest BCUT2D eigenvalue weighted by molar-refractivity contribution is 0.275. The highest BCUT2D eigenvalue weighted by Gasteiger charge is 2.28. The van der Waals surface area contributed by atoms with Gasteiger partial charge in [-0.25, -0.2) is 0 Å². The van der Waals surface area contributed by atoms with Crippen molar-refractivity contribution in [2.24, 2.45) is 0 Å². The molecule has 2 heterocycles. The van der Waals surface area contributed by atoms with E-state index < -0.39 is 7.12 Å². The van der Waals surface area contributed by atoms with Crippen molar-refractivity contribution in [1.29, 1.82) is 0 Å². The second-order valence-electron chi connectivity index (χ2n) is 3.79. The topological polar surface area (TPSA) is 29.5 Å². The minimum absolute atomic E-state index is 0.419. The summed E-state index contributed by atoms with van der Waals surface area (Å²) >= 11 is 11.4. The van der Waals surface area contributed by atoms with Gasteiger partial charge in [0.2, 0.25) is 0 Å². The van der Waals surface area contributed by atoms with Gasteiger partial charge in [0.25, 0.3) is 0 Å². The molecule has 2 nitrogen and oxygen atoms in total. The van der Waals surface area contributed by atoms with Gasteiger partial charge in [-0.3, -0.25) is 0 Å². The van der Waals surface area contributed by atoms with E-state index in [0.717, 1.165) is 25.9 Å². The quantitative estimate of drug-likeness (QED) is 0.815. The maximum absolute atomic E-state index is 9.69. The molecule has 0 atom stereocenters. The Labute approximate surface area is 116 Å². The molecular weight excluding hydrogens is 322 g/mol. The molecule has 1 aromatic carbocycles. The lowest BCUT2D eigenvalue weighted by atomic mass is 9.78. The summed E-state index contributed by atoms with van der Waals surface area (Å²) < 4.78 is 6.18. The molecule has 1 N–H and O–H groups in total. The third kappa shape index (κ3) is 1.96. The summed E-state index contributed by atoms with van der Waals surface area (Å²) in [7, 11) is -0.834. The molecule has 1 aromatic heterocycles. The second kappa shape index (κ2) is 4.41. The van der Waals surface area contributed by atoms with Gasteiger partial charge in [0.15, 0.2) is 0 Å². The fraction of sp³-hybridized carbons (Fsp3) is 0.0909. The van der Waals surface area contributed by atoms with E-state index in [4.69, 9.17) is 16.3 Å². The van der Waals surface area contributed by atoms with Crippen LogP contribution in [0.5, 0.6) is 0 Å². The van der Waals surface area contributed by atoms with E-state index in [1.807, 2.05) is 23.6 Å². The average Bonchev–Trinajstić information content (AvgIpc) is 2.85.